The van der Waals surface area contributed by atoms with Crippen molar-refractivity contribution < 1.29 is 28.7 Å². The summed E-state index contributed by atoms with van der Waals surface area (Å²) in [4.78, 5) is 58.5. The van der Waals surface area contributed by atoms with Crippen LogP contribution in [0.4, 0.5) is 16.2 Å². The number of fused-ring (bicyclic) bond motifs is 2. The third-order valence-corrected chi connectivity index (χ3v) is 25.2. The van der Waals surface area contributed by atoms with Gasteiger partial charge in [0.1, 0.15) is 5.60 Å². The highest BCUT2D eigenvalue weighted by atomic mass is 127. The molecule has 0 aliphatic carbocycles. The second kappa shape index (κ2) is 19.3. The molecule has 1 N–H and O–H groups in total. The molecule has 0 bridgehead atoms. The van der Waals surface area contributed by atoms with Crippen LogP contribution in [0.5, 0.6) is 0 Å². The molecule has 0 aromatic heterocycles. The van der Waals surface area contributed by atoms with Crippen molar-refractivity contribution in [2.24, 2.45) is 0 Å². The first kappa shape index (κ1) is 38.7. The summed E-state index contributed by atoms with van der Waals surface area (Å²) in [5.41, 5.74) is 1.88. The highest BCUT2D eigenvalue weighted by Gasteiger charge is 2.41. The van der Waals surface area contributed by atoms with E-state index < -0.39 is 35.1 Å². The average Bonchev–Trinajstić information content (AvgIpc) is 3.36. The van der Waals surface area contributed by atoms with E-state index in [1.807, 2.05) is 35.6 Å². The zero-order valence-corrected chi connectivity index (χ0v) is 34.1. The molecular formula is C22H19IN2O6S12. The van der Waals surface area contributed by atoms with Gasteiger partial charge in [-0.3, -0.25) is 19.2 Å². The van der Waals surface area contributed by atoms with Crippen LogP contribution in [0.1, 0.15) is 47.1 Å². The van der Waals surface area contributed by atoms with Gasteiger partial charge in [-0.25, -0.2) is 9.69 Å². The molecule has 2 aliphatic heterocycles. The minimum Gasteiger partial charge on any atom is -0.443 e. The van der Waals surface area contributed by atoms with Gasteiger partial charge in [0.05, 0.1) is 22.5 Å². The van der Waals surface area contributed by atoms with E-state index in [1.165, 1.54) is 17.8 Å². The number of ether oxygens (including phenoxy) is 1. The fourth-order valence-electron chi connectivity index (χ4n) is 3.05. The summed E-state index contributed by atoms with van der Waals surface area (Å²) >= 11 is 11.4. The molecule has 2 aromatic rings. The standard InChI is InChI=1S/C13H12INO4.C9H7NO2.S12/c1-13(2,3)19-12(18)15-9-5-4-7(14)6-8(9)10(16)11(15)17;1-5-2-3-7-6(4-5)8(11)9(12)10-7;1-3-5-7-9-11-12-10-8-6-4-2/h4-6H,1-3H3;2-4H,1H3,(H,10,11,12);. The molecule has 3 amide bonds. The van der Waals surface area contributed by atoms with E-state index in [-0.39, 0.29) is 11.3 Å². The van der Waals surface area contributed by atoms with Gasteiger partial charge in [-0.05, 0) is 80.6 Å². The number of anilines is 2. The number of Topliss-reactive ketones (excluding diaryl/α,β-unsaturated/α-hetero) is 2. The molecule has 0 radical (unpaired) electrons. The number of halogens is 1. The number of carbonyl (C=O) groups excluding carboxylic acids is 5. The number of rotatable bonds is 0. The van der Waals surface area contributed by atoms with Gasteiger partial charge in [-0.2, -0.15) is 0 Å². The predicted octanol–water partition coefficient (Wildman–Crippen LogP) is 3.86. The number of nitrogens with zero attached hydrogens (tertiary/aromatic N) is 1. The fraction of sp³-hybridized carbons (Fsp3) is 0.227. The Balaban J connectivity index is 0.000000236. The number of aryl methyl sites for hydroxylation is 1. The number of nitrogens with one attached hydrogen (secondary N) is 1. The van der Waals surface area contributed by atoms with Crippen LogP contribution in [-0.4, -0.2) is 35.1 Å². The first-order valence-corrected chi connectivity index (χ1v) is 26.8. The summed E-state index contributed by atoms with van der Waals surface area (Å²) in [6.45, 7) is 6.97. The van der Waals surface area contributed by atoms with Crippen molar-refractivity contribution in [1.82, 2.24) is 0 Å². The average molecular weight is 919 g/mol. The summed E-state index contributed by atoms with van der Waals surface area (Å²) in [7, 11) is 16.3. The van der Waals surface area contributed by atoms with Gasteiger partial charge in [0.15, 0.2) is 0 Å². The topological polar surface area (TPSA) is 110 Å². The Kier molecular flexibility index (Phi) is 17.4. The van der Waals surface area contributed by atoms with Crippen LogP contribution in [0.3, 0.4) is 0 Å². The number of imide groups is 1. The van der Waals surface area contributed by atoms with Crippen molar-refractivity contribution in [3.05, 3.63) is 56.7 Å². The monoisotopic (exact) mass is 918 g/mol. The van der Waals surface area contributed by atoms with Crippen LogP contribution < -0.4 is 10.2 Å². The Morgan fingerprint density at radius 1 is 0.814 bits per heavy atom. The molecule has 0 spiro atoms. The number of benzene rings is 2. The molecule has 21 heteroatoms. The van der Waals surface area contributed by atoms with Crippen LogP contribution in [0.15, 0.2) is 36.4 Å². The van der Waals surface area contributed by atoms with Crippen molar-refractivity contribution in [3.8, 4) is 0 Å². The third-order valence-electron chi connectivity index (χ3n) is 4.54. The Labute approximate surface area is 299 Å². The van der Waals surface area contributed by atoms with Gasteiger partial charge in [-0.15, -0.1) is 0 Å². The van der Waals surface area contributed by atoms with Crippen LogP contribution in [0.2, 0.25) is 0 Å². The summed E-state index contributed by atoms with van der Waals surface area (Å²) in [5, 5.41) is 2.49. The molecule has 43 heavy (non-hydrogen) atoms. The van der Waals surface area contributed by atoms with Crippen molar-refractivity contribution >= 4 is 175 Å². The SMILES string of the molecule is CC(C)(C)OC(=O)N1C(=O)C(=O)c2cc(I)ccc21.Cc1ccc2c(c1)C(=O)C(=O)N2.S=S=S=S=S=S=S=S=S=S=S=S. The molecule has 0 saturated carbocycles. The van der Waals surface area contributed by atoms with E-state index in [1.54, 1.807) is 122 Å². The molecule has 232 valence electrons. The molecule has 0 fully saturated rings. The number of amides is 3. The third kappa shape index (κ3) is 12.7. The summed E-state index contributed by atoms with van der Waals surface area (Å²) in [6.07, 6.45) is -0.828. The fourth-order valence-corrected chi connectivity index (χ4v) is 25.5. The second-order valence-electron chi connectivity index (χ2n) is 8.62. The minimum atomic E-state index is -0.869. The maximum Gasteiger partial charge on any atom is 0.422 e. The van der Waals surface area contributed by atoms with Crippen molar-refractivity contribution in [1.29, 1.82) is 0 Å². The molecule has 2 aromatic carbocycles. The first-order valence-electron chi connectivity index (χ1n) is 11.1. The van der Waals surface area contributed by atoms with Gasteiger partial charge in [-0.1, -0.05) is 11.6 Å². The molecular weight excluding hydrogens is 900 g/mol. The van der Waals surface area contributed by atoms with E-state index in [0.717, 1.165) is 14.0 Å². The normalized spacial score (nSPS) is 12.4. The predicted molar refractivity (Wildman–Crippen MR) is 210 cm³/mol. The number of hydrogen-bond acceptors (Lipinski definition) is 8. The second-order valence-corrected chi connectivity index (χ2v) is 27.6. The van der Waals surface area contributed by atoms with Gasteiger partial charge in [0, 0.05) is 115 Å². The van der Waals surface area contributed by atoms with Crippen LogP contribution in [0, 0.1) is 10.5 Å². The number of carbonyl (C=O) groups is 5. The van der Waals surface area contributed by atoms with Gasteiger partial charge in [0.2, 0.25) is 0 Å². The quantitative estimate of drug-likeness (QED) is 0.314. The lowest BCUT2D eigenvalue weighted by Gasteiger charge is -2.23. The molecule has 0 saturated heterocycles. The zero-order valence-electron chi connectivity index (χ0n) is 22.1. The summed E-state index contributed by atoms with van der Waals surface area (Å²) in [6, 6.07) is 10.2. The molecule has 0 unspecified atom stereocenters. The lowest BCUT2D eigenvalue weighted by Crippen LogP contribution is -2.40. The van der Waals surface area contributed by atoms with E-state index >= 15 is 0 Å². The van der Waals surface area contributed by atoms with E-state index in [2.05, 4.69) is 27.7 Å². The highest BCUT2D eigenvalue weighted by Crippen LogP contribution is 2.31. The Bertz CT molecular complexity index is 1900. The van der Waals surface area contributed by atoms with Crippen molar-refractivity contribution in [2.45, 2.75) is 33.3 Å². The smallest absolute Gasteiger partial charge is 0.422 e. The maximum absolute atomic E-state index is 12.0. The lowest BCUT2D eigenvalue weighted by molar-refractivity contribution is -0.114. The van der Waals surface area contributed by atoms with Gasteiger partial charge in [0.25, 0.3) is 17.5 Å². The zero-order chi connectivity index (χ0) is 32.2. The Hall–Kier alpha value is -0.440. The van der Waals surface area contributed by atoms with E-state index in [4.69, 9.17) is 4.74 Å². The maximum atomic E-state index is 12.0. The molecule has 2 aliphatic rings. The van der Waals surface area contributed by atoms with Crippen LogP contribution in [-0.2, 0) is 126 Å². The number of hydrogen-bond donors (Lipinski definition) is 1. The molecule has 4 rings (SSSR count). The molecule has 8 nitrogen and oxygen atoms in total. The Morgan fingerprint density at radius 3 is 1.91 bits per heavy atom. The molecule has 0 atom stereocenters. The highest BCUT2D eigenvalue weighted by molar-refractivity contribution is 14.1. The molecule has 2 heterocycles. The van der Waals surface area contributed by atoms with Crippen molar-refractivity contribution in [2.75, 3.05) is 10.2 Å². The summed E-state index contributed by atoms with van der Waals surface area (Å²) < 4.78 is 5.96. The van der Waals surface area contributed by atoms with E-state index in [0.29, 0.717) is 11.3 Å². The first-order chi connectivity index (χ1) is 20.3. The van der Waals surface area contributed by atoms with Crippen molar-refractivity contribution in [3.63, 3.8) is 0 Å². The van der Waals surface area contributed by atoms with Crippen LogP contribution in [0.25, 0.3) is 0 Å². The van der Waals surface area contributed by atoms with Crippen LogP contribution >= 0.6 is 22.6 Å². The lowest BCUT2D eigenvalue weighted by atomic mass is 10.1. The minimum absolute atomic E-state index is 0.239. The largest absolute Gasteiger partial charge is 0.443 e. The summed E-state index contributed by atoms with van der Waals surface area (Å²) in [5.74, 6) is -2.52. The van der Waals surface area contributed by atoms with E-state index in [9.17, 15) is 24.0 Å². The van der Waals surface area contributed by atoms with Gasteiger partial charge < -0.3 is 10.1 Å². The Morgan fingerprint density at radius 2 is 1.37 bits per heavy atom. The number of ketones is 2. The van der Waals surface area contributed by atoms with Gasteiger partial charge >= 0.3 is 12.0 Å².